The molecule has 0 rings (SSSR count). The van der Waals surface area contributed by atoms with Crippen LogP contribution in [0.25, 0.3) is 0 Å². The maximum atomic E-state index is 5.03. The van der Waals surface area contributed by atoms with Gasteiger partial charge in [-0.3, -0.25) is 4.84 Å². The summed E-state index contributed by atoms with van der Waals surface area (Å²) in [4.78, 5) is 4.83. The Bertz CT molecular complexity index is 59.0. The van der Waals surface area contributed by atoms with Gasteiger partial charge in [0.1, 0.15) is 0 Å². The monoisotopic (exact) mass is 132 g/mol. The van der Waals surface area contributed by atoms with Crippen molar-refractivity contribution >= 4 is 0 Å². The third-order valence-corrected chi connectivity index (χ3v) is 0.753. The van der Waals surface area contributed by atoms with Crippen LogP contribution in [0.3, 0.4) is 0 Å². The minimum Gasteiger partial charge on any atom is -0.351 e. The predicted molar refractivity (Wildman–Crippen MR) is 34.8 cm³/mol. The first-order valence-electron chi connectivity index (χ1n) is 3.25. The van der Waals surface area contributed by atoms with Crippen LogP contribution in [0.4, 0.5) is 0 Å². The molecule has 0 amide bonds. The molecule has 55 valence electrons. The fourth-order valence-electron chi connectivity index (χ4n) is 0.445. The summed E-state index contributed by atoms with van der Waals surface area (Å²) in [6.45, 7) is 7.00. The molecular weight excluding hydrogens is 118 g/mol. The van der Waals surface area contributed by atoms with Crippen molar-refractivity contribution in [3.8, 4) is 0 Å². The molecule has 1 unspecified atom stereocenters. The first-order valence-corrected chi connectivity index (χ1v) is 3.25. The molecule has 3 nitrogen and oxygen atoms in total. The summed E-state index contributed by atoms with van der Waals surface area (Å²) in [5.74, 6) is 0. The zero-order valence-electron chi connectivity index (χ0n) is 6.26. The van der Waals surface area contributed by atoms with Gasteiger partial charge in [0.25, 0.3) is 0 Å². The predicted octanol–water partition coefficient (Wildman–Crippen LogP) is 0.925. The van der Waals surface area contributed by atoms with Gasteiger partial charge in [0, 0.05) is 13.2 Å². The molecule has 0 aliphatic rings. The van der Waals surface area contributed by atoms with Gasteiger partial charge in [-0.25, -0.2) is 0 Å². The van der Waals surface area contributed by atoms with Crippen molar-refractivity contribution in [2.45, 2.75) is 27.1 Å². The lowest BCUT2D eigenvalue weighted by atomic mass is 10.7. The van der Waals surface area contributed by atoms with Crippen molar-refractivity contribution in [2.24, 2.45) is 0 Å². The Kier molecular flexibility index (Phi) is 5.93. The van der Waals surface area contributed by atoms with E-state index in [9.17, 15) is 0 Å². The van der Waals surface area contributed by atoms with Gasteiger partial charge < -0.3 is 4.74 Å². The van der Waals surface area contributed by atoms with E-state index in [0.717, 1.165) is 0 Å². The second kappa shape index (κ2) is 6.01. The van der Waals surface area contributed by atoms with Gasteiger partial charge in [-0.1, -0.05) is 5.48 Å². The average Bonchev–Trinajstić information content (AvgIpc) is 1.85. The van der Waals surface area contributed by atoms with E-state index < -0.39 is 0 Å². The number of hydrogen-bond donors (Lipinski definition) is 0. The third-order valence-electron chi connectivity index (χ3n) is 0.753. The summed E-state index contributed by atoms with van der Waals surface area (Å²) >= 11 is 0. The lowest BCUT2D eigenvalue weighted by Gasteiger charge is -2.09. The van der Waals surface area contributed by atoms with Crippen LogP contribution < -0.4 is 5.48 Å². The van der Waals surface area contributed by atoms with Crippen molar-refractivity contribution in [3.63, 3.8) is 0 Å². The molecule has 0 N–H and O–H groups in total. The largest absolute Gasteiger partial charge is 0.351 e. The molecule has 1 atom stereocenters. The maximum absolute atomic E-state index is 5.03. The summed E-state index contributed by atoms with van der Waals surface area (Å²) < 4.78 is 5.03. The molecule has 1 radical (unpaired) electrons. The van der Waals surface area contributed by atoms with Crippen molar-refractivity contribution in [2.75, 3.05) is 13.2 Å². The molecule has 0 spiro atoms. The van der Waals surface area contributed by atoms with Gasteiger partial charge in [-0.2, -0.15) is 0 Å². The summed E-state index contributed by atoms with van der Waals surface area (Å²) in [5.41, 5.74) is 3.67. The molecule has 0 aromatic rings. The fourth-order valence-corrected chi connectivity index (χ4v) is 0.445. The molecule has 0 saturated heterocycles. The van der Waals surface area contributed by atoms with Crippen LogP contribution in [0.5, 0.6) is 0 Å². The number of hydroxylamine groups is 1. The van der Waals surface area contributed by atoms with Gasteiger partial charge in [-0.05, 0) is 20.8 Å². The van der Waals surface area contributed by atoms with E-state index in [1.54, 1.807) is 0 Å². The summed E-state index contributed by atoms with van der Waals surface area (Å²) in [5, 5.41) is 0. The standard InChI is InChI=1S/C6H14NO2/c1-4-7-9-6(3)8-5-2/h6H,4-5H2,1-3H3. The lowest BCUT2D eigenvalue weighted by molar-refractivity contribution is -0.169. The Hall–Kier alpha value is -0.120. The van der Waals surface area contributed by atoms with Crippen LogP contribution >= 0.6 is 0 Å². The number of hydrogen-bond acceptors (Lipinski definition) is 2. The van der Waals surface area contributed by atoms with Gasteiger partial charge in [-0.15, -0.1) is 0 Å². The van der Waals surface area contributed by atoms with Gasteiger partial charge in [0.15, 0.2) is 6.29 Å². The Morgan fingerprint density at radius 2 is 2.11 bits per heavy atom. The first kappa shape index (κ1) is 8.88. The van der Waals surface area contributed by atoms with E-state index in [4.69, 9.17) is 9.57 Å². The quantitative estimate of drug-likeness (QED) is 0.411. The fraction of sp³-hybridized carbons (Fsp3) is 1.00. The number of ether oxygens (including phenoxy) is 1. The van der Waals surface area contributed by atoms with E-state index in [1.807, 2.05) is 20.8 Å². The Balaban J connectivity index is 2.95. The molecule has 0 aliphatic heterocycles. The van der Waals surface area contributed by atoms with Gasteiger partial charge in [0.05, 0.1) is 0 Å². The number of nitrogens with zero attached hydrogens (tertiary/aromatic N) is 1. The van der Waals surface area contributed by atoms with E-state index in [1.165, 1.54) is 0 Å². The van der Waals surface area contributed by atoms with Crippen LogP contribution in [-0.2, 0) is 9.57 Å². The minimum atomic E-state index is -0.199. The lowest BCUT2D eigenvalue weighted by Crippen LogP contribution is -2.18. The van der Waals surface area contributed by atoms with Crippen LogP contribution in [-0.4, -0.2) is 19.4 Å². The SMILES string of the molecule is CC[N]OC(C)OCC. The van der Waals surface area contributed by atoms with Crippen LogP contribution in [0.15, 0.2) is 0 Å². The topological polar surface area (TPSA) is 32.6 Å². The molecule has 0 aromatic carbocycles. The zero-order chi connectivity index (χ0) is 7.11. The van der Waals surface area contributed by atoms with Crippen molar-refractivity contribution in [1.82, 2.24) is 5.48 Å². The second-order valence-electron chi connectivity index (χ2n) is 1.57. The Morgan fingerprint density at radius 1 is 1.44 bits per heavy atom. The summed E-state index contributed by atoms with van der Waals surface area (Å²) in [6, 6.07) is 0. The zero-order valence-corrected chi connectivity index (χ0v) is 6.26. The molecule has 3 heteroatoms. The van der Waals surface area contributed by atoms with Crippen LogP contribution in [0, 0.1) is 0 Å². The average molecular weight is 132 g/mol. The molecule has 0 heterocycles. The smallest absolute Gasteiger partial charge is 0.176 e. The highest BCUT2D eigenvalue weighted by Crippen LogP contribution is 1.89. The molecule has 0 aliphatic carbocycles. The molecule has 0 fully saturated rings. The molecule has 0 aromatic heterocycles. The van der Waals surface area contributed by atoms with Crippen LogP contribution in [0.2, 0.25) is 0 Å². The highest BCUT2D eigenvalue weighted by Gasteiger charge is 1.97. The first-order chi connectivity index (χ1) is 4.31. The van der Waals surface area contributed by atoms with E-state index >= 15 is 0 Å². The molecule has 9 heavy (non-hydrogen) atoms. The Morgan fingerprint density at radius 3 is 2.56 bits per heavy atom. The van der Waals surface area contributed by atoms with E-state index in [0.29, 0.717) is 13.2 Å². The second-order valence-corrected chi connectivity index (χ2v) is 1.57. The van der Waals surface area contributed by atoms with E-state index in [-0.39, 0.29) is 6.29 Å². The van der Waals surface area contributed by atoms with E-state index in [2.05, 4.69) is 5.48 Å². The summed E-state index contributed by atoms with van der Waals surface area (Å²) in [7, 11) is 0. The van der Waals surface area contributed by atoms with Crippen molar-refractivity contribution < 1.29 is 9.57 Å². The number of rotatable bonds is 5. The highest BCUT2D eigenvalue weighted by atomic mass is 16.8. The van der Waals surface area contributed by atoms with Crippen molar-refractivity contribution in [1.29, 1.82) is 0 Å². The third kappa shape index (κ3) is 5.76. The molecule has 0 saturated carbocycles. The maximum Gasteiger partial charge on any atom is 0.176 e. The Labute approximate surface area is 56.3 Å². The van der Waals surface area contributed by atoms with Gasteiger partial charge in [0.2, 0.25) is 0 Å². The molecule has 0 bridgehead atoms. The van der Waals surface area contributed by atoms with Gasteiger partial charge >= 0.3 is 0 Å². The van der Waals surface area contributed by atoms with Crippen LogP contribution in [0.1, 0.15) is 20.8 Å². The highest BCUT2D eigenvalue weighted by molar-refractivity contribution is 4.25. The normalized spacial score (nSPS) is 13.7. The minimum absolute atomic E-state index is 0.199. The molecular formula is C6H14NO2. The van der Waals surface area contributed by atoms with Crippen molar-refractivity contribution in [3.05, 3.63) is 0 Å². The summed E-state index contributed by atoms with van der Waals surface area (Å²) in [6.07, 6.45) is -0.199.